The second-order valence-corrected chi connectivity index (χ2v) is 6.90. The molecule has 0 radical (unpaired) electrons. The third-order valence-electron chi connectivity index (χ3n) is 2.98. The van der Waals surface area contributed by atoms with Crippen LogP contribution in [0.4, 0.5) is 0 Å². The molecule has 20 heavy (non-hydrogen) atoms. The molecule has 0 aliphatic heterocycles. The van der Waals surface area contributed by atoms with E-state index in [0.717, 1.165) is 14.8 Å². The number of benzene rings is 1. The van der Waals surface area contributed by atoms with Gasteiger partial charge in [-0.3, -0.25) is 4.98 Å². The Hall–Kier alpha value is -1.43. The van der Waals surface area contributed by atoms with Gasteiger partial charge in [-0.1, -0.05) is 32.9 Å². The zero-order valence-corrected chi connectivity index (χ0v) is 13.8. The maximum Gasteiger partial charge on any atom is 0.337 e. The molecule has 4 heteroatoms. The smallest absolute Gasteiger partial charge is 0.337 e. The second kappa shape index (κ2) is 5.52. The average Bonchev–Trinajstić information content (AvgIpc) is 2.38. The normalized spacial score (nSPS) is 11.4. The van der Waals surface area contributed by atoms with Crippen LogP contribution in [0.15, 0.2) is 36.4 Å². The van der Waals surface area contributed by atoms with Crippen molar-refractivity contribution < 1.29 is 9.90 Å². The van der Waals surface area contributed by atoms with Crippen LogP contribution in [-0.4, -0.2) is 16.1 Å². The van der Waals surface area contributed by atoms with Gasteiger partial charge >= 0.3 is 5.97 Å². The summed E-state index contributed by atoms with van der Waals surface area (Å²) in [6, 6.07) is 11.4. The highest BCUT2D eigenvalue weighted by Crippen LogP contribution is 2.27. The van der Waals surface area contributed by atoms with Gasteiger partial charge in [-0.25, -0.2) is 4.79 Å². The van der Waals surface area contributed by atoms with Gasteiger partial charge in [0.05, 0.1) is 17.0 Å². The molecule has 0 saturated heterocycles. The number of nitrogens with zero attached hydrogens (tertiary/aromatic N) is 1. The van der Waals surface area contributed by atoms with Crippen LogP contribution in [0.25, 0.3) is 11.3 Å². The van der Waals surface area contributed by atoms with Crippen LogP contribution >= 0.6 is 22.6 Å². The van der Waals surface area contributed by atoms with Crippen molar-refractivity contribution in [2.24, 2.45) is 0 Å². The molecule has 0 aliphatic carbocycles. The van der Waals surface area contributed by atoms with E-state index < -0.39 is 5.97 Å². The number of hydrogen-bond donors (Lipinski definition) is 1. The molecule has 0 amide bonds. The number of carboxylic acid groups (broad SMARTS) is 1. The van der Waals surface area contributed by atoms with E-state index in [-0.39, 0.29) is 11.0 Å². The van der Waals surface area contributed by atoms with E-state index in [1.165, 1.54) is 0 Å². The number of halogens is 1. The first-order chi connectivity index (χ1) is 9.29. The maximum atomic E-state index is 11.3. The van der Waals surface area contributed by atoms with Gasteiger partial charge in [0, 0.05) is 14.5 Å². The van der Waals surface area contributed by atoms with Crippen molar-refractivity contribution in [3.8, 4) is 11.3 Å². The van der Waals surface area contributed by atoms with E-state index >= 15 is 0 Å². The number of hydrogen-bond acceptors (Lipinski definition) is 2. The van der Waals surface area contributed by atoms with E-state index in [1.54, 1.807) is 12.1 Å². The molecular formula is C16H16INO2. The Morgan fingerprint density at radius 2 is 1.70 bits per heavy atom. The van der Waals surface area contributed by atoms with Crippen LogP contribution in [-0.2, 0) is 5.41 Å². The minimum atomic E-state index is -0.934. The van der Waals surface area contributed by atoms with Crippen LogP contribution in [0.3, 0.4) is 0 Å². The fourth-order valence-electron chi connectivity index (χ4n) is 1.98. The predicted molar refractivity (Wildman–Crippen MR) is 88.0 cm³/mol. The number of carboxylic acids is 1. The van der Waals surface area contributed by atoms with E-state index in [9.17, 15) is 9.90 Å². The van der Waals surface area contributed by atoms with Gasteiger partial charge in [-0.15, -0.1) is 0 Å². The summed E-state index contributed by atoms with van der Waals surface area (Å²) in [5, 5.41) is 9.29. The predicted octanol–water partition coefficient (Wildman–Crippen LogP) is 4.35. The maximum absolute atomic E-state index is 11.3. The molecule has 0 bridgehead atoms. The lowest BCUT2D eigenvalue weighted by Gasteiger charge is -2.21. The van der Waals surface area contributed by atoms with Gasteiger partial charge in [0.2, 0.25) is 0 Å². The highest BCUT2D eigenvalue weighted by molar-refractivity contribution is 14.1. The highest BCUT2D eigenvalue weighted by Gasteiger charge is 2.23. The second-order valence-electron chi connectivity index (χ2n) is 5.65. The molecule has 2 aromatic rings. The summed E-state index contributed by atoms with van der Waals surface area (Å²) < 4.78 is 1.16. The first-order valence-electron chi connectivity index (χ1n) is 6.30. The van der Waals surface area contributed by atoms with Gasteiger partial charge in [0.15, 0.2) is 0 Å². The molecule has 0 atom stereocenters. The van der Waals surface area contributed by atoms with Crippen LogP contribution in [0.1, 0.15) is 36.8 Å². The summed E-state index contributed by atoms with van der Waals surface area (Å²) in [5.74, 6) is -0.934. The Kier molecular flexibility index (Phi) is 4.13. The largest absolute Gasteiger partial charge is 0.478 e. The fraction of sp³-hybridized carbons (Fsp3) is 0.250. The van der Waals surface area contributed by atoms with Crippen LogP contribution in [0.5, 0.6) is 0 Å². The van der Waals surface area contributed by atoms with Crippen molar-refractivity contribution in [3.63, 3.8) is 0 Å². The zero-order chi connectivity index (χ0) is 14.9. The monoisotopic (exact) mass is 381 g/mol. The Morgan fingerprint density at radius 1 is 1.10 bits per heavy atom. The van der Waals surface area contributed by atoms with Crippen molar-refractivity contribution in [2.75, 3.05) is 0 Å². The van der Waals surface area contributed by atoms with Crippen molar-refractivity contribution in [3.05, 3.63) is 51.2 Å². The molecule has 1 heterocycles. The number of rotatable bonds is 2. The van der Waals surface area contributed by atoms with Crippen LogP contribution < -0.4 is 0 Å². The molecule has 2 rings (SSSR count). The molecule has 1 aromatic carbocycles. The van der Waals surface area contributed by atoms with E-state index in [2.05, 4.69) is 27.6 Å². The highest BCUT2D eigenvalue weighted by atomic mass is 127. The molecule has 0 unspecified atom stereocenters. The van der Waals surface area contributed by atoms with Gasteiger partial charge in [-0.2, -0.15) is 0 Å². The van der Waals surface area contributed by atoms with Gasteiger partial charge < -0.3 is 5.11 Å². The molecular weight excluding hydrogens is 365 g/mol. The fourth-order valence-corrected chi connectivity index (χ4v) is 2.34. The Balaban J connectivity index is 2.58. The Labute approximate surface area is 132 Å². The van der Waals surface area contributed by atoms with Gasteiger partial charge in [-0.05, 0) is 46.9 Å². The Morgan fingerprint density at radius 3 is 2.20 bits per heavy atom. The summed E-state index contributed by atoms with van der Waals surface area (Å²) in [4.78, 5) is 15.9. The standard InChI is InChI=1S/C16H16INO2/c1-16(2,3)14-12(15(19)20)8-9-13(18-14)10-4-6-11(17)7-5-10/h4-9H,1-3H3,(H,19,20). The molecule has 0 spiro atoms. The minimum Gasteiger partial charge on any atom is -0.478 e. The number of pyridine rings is 1. The lowest BCUT2D eigenvalue weighted by Crippen LogP contribution is -2.19. The van der Waals surface area contributed by atoms with Crippen molar-refractivity contribution >= 4 is 28.6 Å². The third kappa shape index (κ3) is 3.17. The number of aromatic nitrogens is 1. The minimum absolute atomic E-state index is 0.270. The average molecular weight is 381 g/mol. The van der Waals surface area contributed by atoms with Crippen molar-refractivity contribution in [2.45, 2.75) is 26.2 Å². The van der Waals surface area contributed by atoms with E-state index in [1.807, 2.05) is 45.0 Å². The van der Waals surface area contributed by atoms with Gasteiger partial charge in [0.1, 0.15) is 0 Å². The molecule has 0 saturated carbocycles. The molecule has 3 nitrogen and oxygen atoms in total. The number of carbonyl (C=O) groups is 1. The first kappa shape index (κ1) is 15.0. The lowest BCUT2D eigenvalue weighted by molar-refractivity contribution is 0.0693. The topological polar surface area (TPSA) is 50.2 Å². The molecule has 104 valence electrons. The SMILES string of the molecule is CC(C)(C)c1nc(-c2ccc(I)cc2)ccc1C(=O)O. The summed E-state index contributed by atoms with van der Waals surface area (Å²) in [6.07, 6.45) is 0. The quantitative estimate of drug-likeness (QED) is 0.787. The van der Waals surface area contributed by atoms with Gasteiger partial charge in [0.25, 0.3) is 0 Å². The summed E-state index contributed by atoms with van der Waals surface area (Å²) >= 11 is 2.25. The third-order valence-corrected chi connectivity index (χ3v) is 3.70. The molecule has 0 aliphatic rings. The summed E-state index contributed by atoms with van der Waals surface area (Å²) in [5.41, 5.74) is 2.37. The molecule has 1 N–H and O–H groups in total. The lowest BCUT2D eigenvalue weighted by atomic mass is 9.88. The Bertz CT molecular complexity index is 643. The molecule has 0 fully saturated rings. The zero-order valence-electron chi connectivity index (χ0n) is 11.6. The summed E-state index contributed by atoms with van der Waals surface area (Å²) in [6.45, 7) is 5.92. The van der Waals surface area contributed by atoms with E-state index in [4.69, 9.17) is 0 Å². The van der Waals surface area contributed by atoms with E-state index in [0.29, 0.717) is 5.69 Å². The first-order valence-corrected chi connectivity index (χ1v) is 7.37. The van der Waals surface area contributed by atoms with Crippen molar-refractivity contribution in [1.82, 2.24) is 4.98 Å². The van der Waals surface area contributed by atoms with Crippen LogP contribution in [0.2, 0.25) is 0 Å². The molecule has 1 aromatic heterocycles. The van der Waals surface area contributed by atoms with Crippen molar-refractivity contribution in [1.29, 1.82) is 0 Å². The number of aromatic carboxylic acids is 1. The summed E-state index contributed by atoms with van der Waals surface area (Å²) in [7, 11) is 0. The van der Waals surface area contributed by atoms with Crippen LogP contribution in [0, 0.1) is 3.57 Å².